The monoisotopic (exact) mass is 247 g/mol. The van der Waals surface area contributed by atoms with Crippen molar-refractivity contribution in [1.82, 2.24) is 10.6 Å². The minimum Gasteiger partial charge on any atom is -0.378 e. The fourth-order valence-electron chi connectivity index (χ4n) is 2.08. The number of rotatable bonds is 4. The highest BCUT2D eigenvalue weighted by Crippen LogP contribution is 2.12. The van der Waals surface area contributed by atoms with Crippen LogP contribution in [0.3, 0.4) is 0 Å². The third-order valence-corrected chi connectivity index (χ3v) is 3.31. The van der Waals surface area contributed by atoms with Gasteiger partial charge in [0, 0.05) is 45.3 Å². The zero-order valence-electron chi connectivity index (χ0n) is 11.1. The number of carbonyl (C=O) groups is 1. The smallest absolute Gasteiger partial charge is 0.220 e. The first-order valence-electron chi connectivity index (χ1n) is 6.41. The summed E-state index contributed by atoms with van der Waals surface area (Å²) in [7, 11) is 4.08. The van der Waals surface area contributed by atoms with E-state index in [-0.39, 0.29) is 5.91 Å². The molecule has 1 fully saturated rings. The van der Waals surface area contributed by atoms with Gasteiger partial charge in [0.2, 0.25) is 5.91 Å². The first-order chi connectivity index (χ1) is 8.65. The number of piperidine rings is 1. The Hall–Kier alpha value is -1.55. The fraction of sp³-hybridized carbons (Fsp3) is 0.500. The standard InChI is InChI=1S/C14H21N3O/c1-17(2)13-6-3-11(4-7-13)9-15-12-5-8-14(18)16-10-12/h3-4,6-7,12,15H,5,8-10H2,1-2H3,(H,16,18). The molecule has 0 spiro atoms. The van der Waals surface area contributed by atoms with Crippen LogP contribution in [0.1, 0.15) is 18.4 Å². The van der Waals surface area contributed by atoms with Gasteiger partial charge >= 0.3 is 0 Å². The number of nitrogens with one attached hydrogen (secondary N) is 2. The van der Waals surface area contributed by atoms with Crippen molar-refractivity contribution in [3.8, 4) is 0 Å². The molecule has 0 saturated carbocycles. The molecule has 0 aromatic heterocycles. The number of hydrogen-bond acceptors (Lipinski definition) is 3. The minimum absolute atomic E-state index is 0.170. The molecule has 18 heavy (non-hydrogen) atoms. The van der Waals surface area contributed by atoms with Gasteiger partial charge in [-0.25, -0.2) is 0 Å². The normalized spacial score (nSPS) is 19.4. The molecule has 1 atom stereocenters. The minimum atomic E-state index is 0.170. The highest BCUT2D eigenvalue weighted by molar-refractivity contribution is 5.76. The van der Waals surface area contributed by atoms with Gasteiger partial charge in [0.25, 0.3) is 0 Å². The van der Waals surface area contributed by atoms with E-state index in [9.17, 15) is 4.79 Å². The van der Waals surface area contributed by atoms with Gasteiger partial charge in [-0.2, -0.15) is 0 Å². The Morgan fingerprint density at radius 3 is 2.61 bits per heavy atom. The summed E-state index contributed by atoms with van der Waals surface area (Å²) in [6.07, 6.45) is 1.57. The predicted octanol–water partition coefficient (Wildman–Crippen LogP) is 1.12. The van der Waals surface area contributed by atoms with Crippen molar-refractivity contribution in [3.63, 3.8) is 0 Å². The summed E-state index contributed by atoms with van der Waals surface area (Å²) in [6, 6.07) is 8.93. The lowest BCUT2D eigenvalue weighted by molar-refractivity contribution is -0.122. The summed E-state index contributed by atoms with van der Waals surface area (Å²) in [5.41, 5.74) is 2.49. The molecule has 1 heterocycles. The molecule has 1 unspecified atom stereocenters. The van der Waals surface area contributed by atoms with E-state index in [1.165, 1.54) is 11.3 Å². The summed E-state index contributed by atoms with van der Waals surface area (Å²) in [5.74, 6) is 0.170. The third-order valence-electron chi connectivity index (χ3n) is 3.31. The number of amides is 1. The molecule has 1 aliphatic heterocycles. The molecule has 1 saturated heterocycles. The summed E-state index contributed by atoms with van der Waals surface area (Å²) in [6.45, 7) is 1.60. The summed E-state index contributed by atoms with van der Waals surface area (Å²) in [4.78, 5) is 13.1. The van der Waals surface area contributed by atoms with Gasteiger partial charge in [0.15, 0.2) is 0 Å². The maximum Gasteiger partial charge on any atom is 0.220 e. The molecular weight excluding hydrogens is 226 g/mol. The van der Waals surface area contributed by atoms with Gasteiger partial charge in [0.05, 0.1) is 0 Å². The molecule has 0 bridgehead atoms. The maximum atomic E-state index is 11.0. The highest BCUT2D eigenvalue weighted by Gasteiger charge is 2.16. The second-order valence-electron chi connectivity index (χ2n) is 4.98. The van der Waals surface area contributed by atoms with E-state index in [4.69, 9.17) is 0 Å². The van der Waals surface area contributed by atoms with Crippen molar-refractivity contribution in [3.05, 3.63) is 29.8 Å². The number of carbonyl (C=O) groups excluding carboxylic acids is 1. The summed E-state index contributed by atoms with van der Waals surface area (Å²) >= 11 is 0. The van der Waals surface area contributed by atoms with Crippen LogP contribution >= 0.6 is 0 Å². The van der Waals surface area contributed by atoms with E-state index in [1.54, 1.807) is 0 Å². The van der Waals surface area contributed by atoms with Crippen molar-refractivity contribution >= 4 is 11.6 Å². The van der Waals surface area contributed by atoms with Crippen molar-refractivity contribution in [2.24, 2.45) is 0 Å². The topological polar surface area (TPSA) is 44.4 Å². The van der Waals surface area contributed by atoms with Gasteiger partial charge in [-0.3, -0.25) is 4.79 Å². The molecule has 4 heteroatoms. The first-order valence-corrected chi connectivity index (χ1v) is 6.41. The molecule has 0 aliphatic carbocycles. The lowest BCUT2D eigenvalue weighted by atomic mass is 10.1. The third kappa shape index (κ3) is 3.47. The van der Waals surface area contributed by atoms with Crippen LogP contribution in [0.4, 0.5) is 5.69 Å². The van der Waals surface area contributed by atoms with Crippen LogP contribution in [-0.2, 0) is 11.3 Å². The maximum absolute atomic E-state index is 11.0. The first kappa shape index (κ1) is 12.9. The molecule has 2 N–H and O–H groups in total. The van der Waals surface area contributed by atoms with E-state index < -0.39 is 0 Å². The molecule has 98 valence electrons. The quantitative estimate of drug-likeness (QED) is 0.838. The second kappa shape index (κ2) is 5.87. The molecule has 1 aromatic carbocycles. The van der Waals surface area contributed by atoms with Crippen molar-refractivity contribution in [1.29, 1.82) is 0 Å². The molecule has 0 radical (unpaired) electrons. The lowest BCUT2D eigenvalue weighted by Crippen LogP contribution is -2.45. The number of benzene rings is 1. The average molecular weight is 247 g/mol. The molecule has 1 aliphatic rings. The van der Waals surface area contributed by atoms with E-state index in [1.807, 2.05) is 14.1 Å². The molecule has 1 amide bonds. The largest absolute Gasteiger partial charge is 0.378 e. The Morgan fingerprint density at radius 2 is 2.06 bits per heavy atom. The summed E-state index contributed by atoms with van der Waals surface area (Å²) < 4.78 is 0. The molecule has 1 aromatic rings. The van der Waals surface area contributed by atoms with E-state index in [2.05, 4.69) is 39.8 Å². The lowest BCUT2D eigenvalue weighted by Gasteiger charge is -2.23. The van der Waals surface area contributed by atoms with Gasteiger partial charge in [-0.05, 0) is 24.1 Å². The Morgan fingerprint density at radius 1 is 1.33 bits per heavy atom. The highest BCUT2D eigenvalue weighted by atomic mass is 16.1. The van der Waals surface area contributed by atoms with Crippen LogP contribution in [0, 0.1) is 0 Å². The molecule has 4 nitrogen and oxygen atoms in total. The van der Waals surface area contributed by atoms with Crippen LogP contribution in [0.25, 0.3) is 0 Å². The van der Waals surface area contributed by atoms with Crippen LogP contribution in [0.15, 0.2) is 24.3 Å². The number of nitrogens with zero attached hydrogens (tertiary/aromatic N) is 1. The van der Waals surface area contributed by atoms with E-state index >= 15 is 0 Å². The fourth-order valence-corrected chi connectivity index (χ4v) is 2.08. The van der Waals surface area contributed by atoms with E-state index in [0.29, 0.717) is 12.5 Å². The Balaban J connectivity index is 1.81. The zero-order chi connectivity index (χ0) is 13.0. The van der Waals surface area contributed by atoms with Gasteiger partial charge in [-0.15, -0.1) is 0 Å². The summed E-state index contributed by atoms with van der Waals surface area (Å²) in [5, 5.41) is 6.36. The number of hydrogen-bond donors (Lipinski definition) is 2. The molecule has 2 rings (SSSR count). The molecular formula is C14H21N3O. The zero-order valence-corrected chi connectivity index (χ0v) is 11.1. The predicted molar refractivity (Wildman–Crippen MR) is 73.6 cm³/mol. The Bertz CT molecular complexity index is 390. The Kier molecular flexibility index (Phi) is 4.20. The Labute approximate surface area is 108 Å². The van der Waals surface area contributed by atoms with Crippen molar-refractivity contribution in [2.75, 3.05) is 25.5 Å². The average Bonchev–Trinajstić information content (AvgIpc) is 2.38. The van der Waals surface area contributed by atoms with Crippen LogP contribution in [0.2, 0.25) is 0 Å². The number of anilines is 1. The van der Waals surface area contributed by atoms with Gasteiger partial charge in [-0.1, -0.05) is 12.1 Å². The van der Waals surface area contributed by atoms with Crippen LogP contribution in [-0.4, -0.2) is 32.6 Å². The van der Waals surface area contributed by atoms with Crippen molar-refractivity contribution in [2.45, 2.75) is 25.4 Å². The van der Waals surface area contributed by atoms with Gasteiger partial charge in [0.1, 0.15) is 0 Å². The van der Waals surface area contributed by atoms with E-state index in [0.717, 1.165) is 19.5 Å². The second-order valence-corrected chi connectivity index (χ2v) is 4.98. The SMILES string of the molecule is CN(C)c1ccc(CNC2CCC(=O)NC2)cc1. The van der Waals surface area contributed by atoms with Crippen LogP contribution < -0.4 is 15.5 Å². The van der Waals surface area contributed by atoms with Gasteiger partial charge < -0.3 is 15.5 Å². The van der Waals surface area contributed by atoms with Crippen molar-refractivity contribution < 1.29 is 4.79 Å². The van der Waals surface area contributed by atoms with Crippen LogP contribution in [0.5, 0.6) is 0 Å².